The molecule has 2 amide bonds. The van der Waals surface area contributed by atoms with Crippen LogP contribution in [0.25, 0.3) is 0 Å². The monoisotopic (exact) mass is 308 g/mol. The van der Waals surface area contributed by atoms with Crippen LogP contribution in [-0.2, 0) is 19.1 Å². The van der Waals surface area contributed by atoms with E-state index in [1.54, 1.807) is 0 Å². The van der Waals surface area contributed by atoms with Crippen molar-refractivity contribution >= 4 is 17.8 Å². The number of esters is 1. The number of hydrazine groups is 1. The van der Waals surface area contributed by atoms with Crippen LogP contribution in [0.1, 0.15) is 24.0 Å². The summed E-state index contributed by atoms with van der Waals surface area (Å²) in [5, 5.41) is 0. The van der Waals surface area contributed by atoms with Gasteiger partial charge in [0.1, 0.15) is 5.75 Å². The number of methoxy groups -OCH3 is 1. The van der Waals surface area contributed by atoms with Crippen LogP contribution < -0.4 is 15.6 Å². The molecule has 1 aromatic carbocycles. The molecule has 7 heteroatoms. The van der Waals surface area contributed by atoms with E-state index in [1.165, 1.54) is 7.11 Å². The van der Waals surface area contributed by atoms with Gasteiger partial charge in [-0.15, -0.1) is 0 Å². The van der Waals surface area contributed by atoms with E-state index in [1.807, 2.05) is 32.0 Å². The highest BCUT2D eigenvalue weighted by Crippen LogP contribution is 2.15. The molecular weight excluding hydrogens is 288 g/mol. The Morgan fingerprint density at radius 2 is 1.55 bits per heavy atom. The molecule has 0 aliphatic carbocycles. The molecule has 0 saturated heterocycles. The lowest BCUT2D eigenvalue weighted by atomic mass is 10.1. The topological polar surface area (TPSA) is 93.7 Å². The zero-order valence-electron chi connectivity index (χ0n) is 12.9. The second kappa shape index (κ2) is 8.66. The third-order valence-electron chi connectivity index (χ3n) is 2.69. The van der Waals surface area contributed by atoms with Gasteiger partial charge in [-0.05, 0) is 37.1 Å². The fraction of sp³-hybridized carbons (Fsp3) is 0.400. The molecule has 0 atom stereocenters. The molecule has 120 valence electrons. The van der Waals surface area contributed by atoms with E-state index in [2.05, 4.69) is 15.6 Å². The Kier molecular flexibility index (Phi) is 6.88. The van der Waals surface area contributed by atoms with Gasteiger partial charge in [0.2, 0.25) is 5.91 Å². The lowest BCUT2D eigenvalue weighted by Gasteiger charge is -2.09. The third kappa shape index (κ3) is 6.74. The van der Waals surface area contributed by atoms with Crippen LogP contribution >= 0.6 is 0 Å². The van der Waals surface area contributed by atoms with Crippen molar-refractivity contribution in [2.75, 3.05) is 13.7 Å². The molecule has 0 radical (unpaired) electrons. The van der Waals surface area contributed by atoms with E-state index < -0.39 is 17.8 Å². The number of ether oxygens (including phenoxy) is 2. The molecule has 0 spiro atoms. The molecule has 1 aromatic rings. The molecule has 2 N–H and O–H groups in total. The van der Waals surface area contributed by atoms with Gasteiger partial charge in [-0.2, -0.15) is 0 Å². The highest BCUT2D eigenvalue weighted by molar-refractivity contribution is 5.84. The Balaban J connectivity index is 2.28. The first-order chi connectivity index (χ1) is 10.4. The van der Waals surface area contributed by atoms with E-state index in [0.717, 1.165) is 11.1 Å². The van der Waals surface area contributed by atoms with Crippen molar-refractivity contribution in [2.45, 2.75) is 26.7 Å². The molecule has 0 unspecified atom stereocenters. The molecule has 1 rings (SSSR count). The van der Waals surface area contributed by atoms with Gasteiger partial charge in [0.15, 0.2) is 6.61 Å². The molecule has 0 aliphatic heterocycles. The first-order valence-corrected chi connectivity index (χ1v) is 6.76. The average molecular weight is 308 g/mol. The fourth-order valence-electron chi connectivity index (χ4n) is 1.72. The average Bonchev–Trinajstić information content (AvgIpc) is 2.47. The Hall–Kier alpha value is -2.57. The Bertz CT molecular complexity index is 537. The van der Waals surface area contributed by atoms with Crippen molar-refractivity contribution in [3.05, 3.63) is 29.3 Å². The standard InChI is InChI=1S/C15H20N2O5/c1-10-6-11(2)8-12(7-10)22-9-14(19)17-16-13(18)4-5-15(20)21-3/h6-8H,4-5,9H2,1-3H3,(H,16,18)(H,17,19). The number of carbonyl (C=O) groups excluding carboxylic acids is 3. The predicted molar refractivity (Wildman–Crippen MR) is 78.9 cm³/mol. The van der Waals surface area contributed by atoms with Crippen LogP contribution in [0.3, 0.4) is 0 Å². The van der Waals surface area contributed by atoms with Crippen molar-refractivity contribution < 1.29 is 23.9 Å². The zero-order valence-corrected chi connectivity index (χ0v) is 12.9. The summed E-state index contributed by atoms with van der Waals surface area (Å²) in [5.74, 6) is -0.875. The van der Waals surface area contributed by atoms with Crippen LogP contribution in [0.2, 0.25) is 0 Å². The van der Waals surface area contributed by atoms with Crippen LogP contribution in [0.4, 0.5) is 0 Å². The number of rotatable bonds is 6. The summed E-state index contributed by atoms with van der Waals surface area (Å²) in [5.41, 5.74) is 6.47. The second-order valence-electron chi connectivity index (χ2n) is 4.78. The van der Waals surface area contributed by atoms with Crippen LogP contribution in [0, 0.1) is 13.8 Å². The Labute approximate surface area is 128 Å². The normalized spacial score (nSPS) is 9.77. The lowest BCUT2D eigenvalue weighted by Crippen LogP contribution is -2.43. The first kappa shape index (κ1) is 17.5. The minimum Gasteiger partial charge on any atom is -0.484 e. The number of hydrogen-bond acceptors (Lipinski definition) is 5. The minimum atomic E-state index is -0.495. The van der Waals surface area contributed by atoms with E-state index in [9.17, 15) is 14.4 Å². The van der Waals surface area contributed by atoms with Crippen molar-refractivity contribution in [1.82, 2.24) is 10.9 Å². The zero-order chi connectivity index (χ0) is 16.5. The SMILES string of the molecule is COC(=O)CCC(=O)NNC(=O)COc1cc(C)cc(C)c1. The van der Waals surface area contributed by atoms with Gasteiger partial charge in [0.25, 0.3) is 5.91 Å². The summed E-state index contributed by atoms with van der Waals surface area (Å²) in [6.07, 6.45) is -0.109. The number of carbonyl (C=O) groups is 3. The first-order valence-electron chi connectivity index (χ1n) is 6.76. The van der Waals surface area contributed by atoms with Crippen molar-refractivity contribution in [1.29, 1.82) is 0 Å². The maximum atomic E-state index is 11.5. The van der Waals surface area contributed by atoms with Crippen molar-refractivity contribution in [3.63, 3.8) is 0 Å². The quantitative estimate of drug-likeness (QED) is 0.598. The van der Waals surface area contributed by atoms with Gasteiger partial charge in [0, 0.05) is 6.42 Å². The van der Waals surface area contributed by atoms with E-state index in [4.69, 9.17) is 4.74 Å². The number of benzene rings is 1. The molecule has 22 heavy (non-hydrogen) atoms. The van der Waals surface area contributed by atoms with Gasteiger partial charge >= 0.3 is 5.97 Å². The van der Waals surface area contributed by atoms with Crippen LogP contribution in [-0.4, -0.2) is 31.5 Å². The summed E-state index contributed by atoms with van der Waals surface area (Å²) >= 11 is 0. The molecule has 0 heterocycles. The van der Waals surface area contributed by atoms with Gasteiger partial charge in [0.05, 0.1) is 13.5 Å². The molecule has 7 nitrogen and oxygen atoms in total. The summed E-state index contributed by atoms with van der Waals surface area (Å²) in [6.45, 7) is 3.64. The second-order valence-corrected chi connectivity index (χ2v) is 4.78. The third-order valence-corrected chi connectivity index (χ3v) is 2.69. The summed E-state index contributed by atoms with van der Waals surface area (Å²) in [4.78, 5) is 33.8. The summed E-state index contributed by atoms with van der Waals surface area (Å²) in [7, 11) is 1.24. The highest BCUT2D eigenvalue weighted by Gasteiger charge is 2.08. The molecule has 0 saturated carbocycles. The fourth-order valence-corrected chi connectivity index (χ4v) is 1.72. The molecule has 0 aliphatic rings. The molecular formula is C15H20N2O5. The van der Waals surface area contributed by atoms with Crippen molar-refractivity contribution in [3.8, 4) is 5.75 Å². The highest BCUT2D eigenvalue weighted by atomic mass is 16.5. The lowest BCUT2D eigenvalue weighted by molar-refractivity contribution is -0.142. The maximum absolute atomic E-state index is 11.5. The van der Waals surface area contributed by atoms with Crippen molar-refractivity contribution in [2.24, 2.45) is 0 Å². The van der Waals surface area contributed by atoms with E-state index >= 15 is 0 Å². The minimum absolute atomic E-state index is 0.0444. The summed E-state index contributed by atoms with van der Waals surface area (Å²) < 4.78 is 9.75. The van der Waals surface area contributed by atoms with Gasteiger partial charge in [-0.25, -0.2) is 0 Å². The number of aryl methyl sites for hydroxylation is 2. The van der Waals surface area contributed by atoms with E-state index in [-0.39, 0.29) is 19.4 Å². The Morgan fingerprint density at radius 1 is 0.955 bits per heavy atom. The van der Waals surface area contributed by atoms with E-state index in [0.29, 0.717) is 5.75 Å². The molecule has 0 bridgehead atoms. The Morgan fingerprint density at radius 3 is 2.14 bits per heavy atom. The number of hydrogen-bond donors (Lipinski definition) is 2. The number of nitrogens with one attached hydrogen (secondary N) is 2. The van der Waals surface area contributed by atoms with Gasteiger partial charge < -0.3 is 9.47 Å². The smallest absolute Gasteiger partial charge is 0.306 e. The molecule has 0 aromatic heterocycles. The maximum Gasteiger partial charge on any atom is 0.306 e. The van der Waals surface area contributed by atoms with Crippen LogP contribution in [0.5, 0.6) is 5.75 Å². The van der Waals surface area contributed by atoms with Gasteiger partial charge in [-0.3, -0.25) is 25.2 Å². The van der Waals surface area contributed by atoms with Gasteiger partial charge in [-0.1, -0.05) is 6.07 Å². The summed E-state index contributed by atoms with van der Waals surface area (Å²) in [6, 6.07) is 5.62. The largest absolute Gasteiger partial charge is 0.484 e. The number of amides is 2. The molecule has 0 fully saturated rings. The predicted octanol–water partition coefficient (Wildman–Crippen LogP) is 0.783. The van der Waals surface area contributed by atoms with Crippen LogP contribution in [0.15, 0.2) is 18.2 Å².